The summed E-state index contributed by atoms with van der Waals surface area (Å²) in [6.45, 7) is 3.76. The van der Waals surface area contributed by atoms with Crippen molar-refractivity contribution in [2.24, 2.45) is 17.6 Å². The highest BCUT2D eigenvalue weighted by Crippen LogP contribution is 2.32. The second-order valence-electron chi connectivity index (χ2n) is 6.97. The fourth-order valence-corrected chi connectivity index (χ4v) is 3.33. The number of carbonyl (C=O) groups is 1. The maximum absolute atomic E-state index is 12.9. The minimum Gasteiger partial charge on any atom is -0.349 e. The van der Waals surface area contributed by atoms with Gasteiger partial charge in [0.05, 0.1) is 11.6 Å². The lowest BCUT2D eigenvalue weighted by atomic mass is 9.93. The molecule has 1 saturated carbocycles. The summed E-state index contributed by atoms with van der Waals surface area (Å²) in [5.74, 6) is 0.00229. The second kappa shape index (κ2) is 7.55. The molecule has 1 aliphatic rings. The van der Waals surface area contributed by atoms with Gasteiger partial charge < -0.3 is 11.1 Å². The minimum absolute atomic E-state index is 0.0188. The topological polar surface area (TPSA) is 55.1 Å². The van der Waals surface area contributed by atoms with E-state index >= 15 is 0 Å². The number of benzene rings is 1. The molecule has 0 heterocycles. The molecule has 2 rings (SSSR count). The molecule has 0 radical (unpaired) electrons. The highest BCUT2D eigenvalue weighted by atomic mass is 19.4. The van der Waals surface area contributed by atoms with Crippen molar-refractivity contribution in [2.45, 2.75) is 57.8 Å². The van der Waals surface area contributed by atoms with Gasteiger partial charge in [0.2, 0.25) is 5.91 Å². The van der Waals surface area contributed by atoms with Crippen LogP contribution < -0.4 is 11.1 Å². The fourth-order valence-electron chi connectivity index (χ4n) is 3.33. The number of amides is 1. The highest BCUT2D eigenvalue weighted by molar-refractivity contribution is 5.76. The highest BCUT2D eigenvalue weighted by Gasteiger charge is 2.32. The molecule has 134 valence electrons. The molecule has 1 amide bonds. The maximum atomic E-state index is 12.9. The van der Waals surface area contributed by atoms with Crippen molar-refractivity contribution in [3.8, 4) is 0 Å². The first-order valence-electron chi connectivity index (χ1n) is 8.40. The standard InChI is InChI=1S/C18H25F3N2O/c1-11(2)17(13-6-3-7-14(9-13)18(19,20)21)23-16(24)10-12-5-4-8-15(12)22/h3,6-7,9,11-12,15,17H,4-5,8,10,22H2,1-2H3,(H,23,24)/t12-,15+,17?/m0/s1. The number of halogens is 3. The third kappa shape index (κ3) is 4.72. The van der Waals surface area contributed by atoms with Crippen molar-refractivity contribution in [1.29, 1.82) is 0 Å². The van der Waals surface area contributed by atoms with E-state index in [4.69, 9.17) is 5.73 Å². The predicted octanol–water partition coefficient (Wildman–Crippen LogP) is 4.04. The Labute approximate surface area is 140 Å². The van der Waals surface area contributed by atoms with Gasteiger partial charge in [0.15, 0.2) is 0 Å². The van der Waals surface area contributed by atoms with E-state index in [-0.39, 0.29) is 23.8 Å². The summed E-state index contributed by atoms with van der Waals surface area (Å²) in [5.41, 5.74) is 5.77. The van der Waals surface area contributed by atoms with Crippen molar-refractivity contribution in [3.63, 3.8) is 0 Å². The van der Waals surface area contributed by atoms with Crippen LogP contribution in [0.25, 0.3) is 0 Å². The molecule has 3 nitrogen and oxygen atoms in total. The van der Waals surface area contributed by atoms with E-state index in [9.17, 15) is 18.0 Å². The second-order valence-corrected chi connectivity index (χ2v) is 6.97. The van der Waals surface area contributed by atoms with E-state index in [0.717, 1.165) is 31.4 Å². The van der Waals surface area contributed by atoms with E-state index < -0.39 is 17.8 Å². The number of hydrogen-bond donors (Lipinski definition) is 2. The molecule has 3 N–H and O–H groups in total. The number of rotatable bonds is 5. The Kier molecular flexibility index (Phi) is 5.91. The van der Waals surface area contributed by atoms with Crippen LogP contribution in [0.15, 0.2) is 24.3 Å². The van der Waals surface area contributed by atoms with Gasteiger partial charge in [0.1, 0.15) is 0 Å². The van der Waals surface area contributed by atoms with E-state index in [0.29, 0.717) is 12.0 Å². The van der Waals surface area contributed by atoms with Gasteiger partial charge in [0.25, 0.3) is 0 Å². The number of hydrogen-bond acceptors (Lipinski definition) is 2. The van der Waals surface area contributed by atoms with Crippen molar-refractivity contribution >= 4 is 5.91 Å². The summed E-state index contributed by atoms with van der Waals surface area (Å²) in [6.07, 6.45) is -1.16. The van der Waals surface area contributed by atoms with Gasteiger partial charge in [-0.05, 0) is 42.4 Å². The molecule has 3 atom stereocenters. The summed E-state index contributed by atoms with van der Waals surface area (Å²) >= 11 is 0. The molecule has 0 saturated heterocycles. The molecular formula is C18H25F3N2O. The van der Waals surface area contributed by atoms with E-state index in [1.807, 2.05) is 13.8 Å². The summed E-state index contributed by atoms with van der Waals surface area (Å²) in [6, 6.07) is 4.76. The van der Waals surface area contributed by atoms with Gasteiger partial charge in [-0.15, -0.1) is 0 Å². The van der Waals surface area contributed by atoms with Crippen LogP contribution in [0.4, 0.5) is 13.2 Å². The lowest BCUT2D eigenvalue weighted by molar-refractivity contribution is -0.137. The molecule has 24 heavy (non-hydrogen) atoms. The van der Waals surface area contributed by atoms with Crippen molar-refractivity contribution in [1.82, 2.24) is 5.32 Å². The van der Waals surface area contributed by atoms with Crippen LogP contribution in [-0.2, 0) is 11.0 Å². The van der Waals surface area contributed by atoms with Gasteiger partial charge in [-0.1, -0.05) is 32.4 Å². The number of nitrogens with two attached hydrogens (primary N) is 1. The normalized spacial score (nSPS) is 22.6. The van der Waals surface area contributed by atoms with Gasteiger partial charge in [-0.25, -0.2) is 0 Å². The van der Waals surface area contributed by atoms with Crippen LogP contribution in [-0.4, -0.2) is 11.9 Å². The Morgan fingerprint density at radius 2 is 2.04 bits per heavy atom. The first-order chi connectivity index (χ1) is 11.2. The van der Waals surface area contributed by atoms with Gasteiger partial charge in [-0.2, -0.15) is 13.2 Å². The molecule has 6 heteroatoms. The van der Waals surface area contributed by atoms with Gasteiger partial charge in [-0.3, -0.25) is 4.79 Å². The Hall–Kier alpha value is -1.56. The van der Waals surface area contributed by atoms with Crippen LogP contribution in [0, 0.1) is 11.8 Å². The summed E-state index contributed by atoms with van der Waals surface area (Å²) in [5, 5.41) is 2.90. The lowest BCUT2D eigenvalue weighted by Gasteiger charge is -2.25. The molecule has 1 aromatic carbocycles. The van der Waals surface area contributed by atoms with Crippen LogP contribution in [0.5, 0.6) is 0 Å². The van der Waals surface area contributed by atoms with E-state index in [1.165, 1.54) is 6.07 Å². The van der Waals surface area contributed by atoms with Gasteiger partial charge >= 0.3 is 6.18 Å². The summed E-state index contributed by atoms with van der Waals surface area (Å²) in [7, 11) is 0. The zero-order chi connectivity index (χ0) is 17.9. The third-order valence-electron chi connectivity index (χ3n) is 4.72. The van der Waals surface area contributed by atoms with Crippen LogP contribution in [0.3, 0.4) is 0 Å². The zero-order valence-corrected chi connectivity index (χ0v) is 14.1. The largest absolute Gasteiger partial charge is 0.416 e. The molecule has 0 spiro atoms. The predicted molar refractivity (Wildman–Crippen MR) is 87.1 cm³/mol. The lowest BCUT2D eigenvalue weighted by Crippen LogP contribution is -2.35. The smallest absolute Gasteiger partial charge is 0.349 e. The minimum atomic E-state index is -4.39. The van der Waals surface area contributed by atoms with Gasteiger partial charge in [0, 0.05) is 12.5 Å². The summed E-state index contributed by atoms with van der Waals surface area (Å²) < 4.78 is 38.7. The molecule has 1 aliphatic carbocycles. The summed E-state index contributed by atoms with van der Waals surface area (Å²) in [4.78, 5) is 12.3. The third-order valence-corrected chi connectivity index (χ3v) is 4.72. The Morgan fingerprint density at radius 3 is 2.58 bits per heavy atom. The molecule has 1 unspecified atom stereocenters. The van der Waals surface area contributed by atoms with Crippen molar-refractivity contribution < 1.29 is 18.0 Å². The quantitative estimate of drug-likeness (QED) is 0.849. The average molecular weight is 342 g/mol. The number of carbonyl (C=O) groups excluding carboxylic acids is 1. The molecule has 0 bridgehead atoms. The SMILES string of the molecule is CC(C)C(NC(=O)C[C@@H]1CCC[C@H]1N)c1cccc(C(F)(F)F)c1. The first kappa shape index (κ1) is 18.8. The van der Waals surface area contributed by atoms with Crippen molar-refractivity contribution in [3.05, 3.63) is 35.4 Å². The molecule has 0 aliphatic heterocycles. The Bertz CT molecular complexity index is 572. The number of nitrogens with one attached hydrogen (secondary N) is 1. The Balaban J connectivity index is 2.10. The molecule has 1 aromatic rings. The number of alkyl halides is 3. The van der Waals surface area contributed by atoms with E-state index in [1.54, 1.807) is 6.07 Å². The van der Waals surface area contributed by atoms with Crippen LogP contribution >= 0.6 is 0 Å². The Morgan fingerprint density at radius 1 is 1.33 bits per heavy atom. The average Bonchev–Trinajstić information content (AvgIpc) is 2.89. The monoisotopic (exact) mass is 342 g/mol. The van der Waals surface area contributed by atoms with E-state index in [2.05, 4.69) is 5.32 Å². The fraction of sp³-hybridized carbons (Fsp3) is 0.611. The van der Waals surface area contributed by atoms with Crippen LogP contribution in [0.2, 0.25) is 0 Å². The molecule has 0 aromatic heterocycles. The first-order valence-corrected chi connectivity index (χ1v) is 8.40. The van der Waals surface area contributed by atoms with Crippen LogP contribution in [0.1, 0.15) is 56.7 Å². The maximum Gasteiger partial charge on any atom is 0.416 e. The molecule has 1 fully saturated rings. The molecular weight excluding hydrogens is 317 g/mol. The zero-order valence-electron chi connectivity index (χ0n) is 14.1. The van der Waals surface area contributed by atoms with Crippen molar-refractivity contribution in [2.75, 3.05) is 0 Å².